The molecule has 0 spiro atoms. The van der Waals surface area contributed by atoms with Crippen LogP contribution in [0, 0.1) is 23.7 Å². The minimum absolute atomic E-state index is 0. The van der Waals surface area contributed by atoms with Gasteiger partial charge in [-0.15, -0.1) is 0 Å². The fraction of sp³-hybridized carbons (Fsp3) is 0.857. The van der Waals surface area contributed by atoms with Gasteiger partial charge in [0.05, 0.1) is 0 Å². The molecule has 0 aromatic rings. The van der Waals surface area contributed by atoms with Gasteiger partial charge in [-0.2, -0.15) is 23.7 Å². The molecule has 0 aromatic heterocycles. The van der Waals surface area contributed by atoms with E-state index in [1.54, 1.807) is 5.92 Å². The average Bonchev–Trinajstić information content (AvgIpc) is 1.82. The van der Waals surface area contributed by atoms with Crippen molar-refractivity contribution in [2.24, 2.45) is 10.8 Å². The van der Waals surface area contributed by atoms with Crippen LogP contribution in [0.25, 0.3) is 0 Å². The molecule has 0 heterocycles. The molecule has 0 fully saturated rings. The molecular weight excluding hydrogens is 234 g/mol. The minimum atomic E-state index is 0. The summed E-state index contributed by atoms with van der Waals surface area (Å²) in [4.78, 5) is 0. The van der Waals surface area contributed by atoms with E-state index in [2.05, 4.69) is 55.4 Å². The first kappa shape index (κ1) is 21.0. The van der Waals surface area contributed by atoms with Gasteiger partial charge in [0.25, 0.3) is 0 Å². The molecule has 0 amide bonds. The molecule has 0 bridgehead atoms. The molecule has 0 atom stereocenters. The van der Waals surface area contributed by atoms with Gasteiger partial charge in [0.15, 0.2) is 0 Å². The van der Waals surface area contributed by atoms with Crippen LogP contribution in [-0.4, -0.2) is 0 Å². The Morgan fingerprint density at radius 2 is 1.07 bits per heavy atom. The van der Waals surface area contributed by atoms with E-state index in [0.717, 1.165) is 6.42 Å². The summed E-state index contributed by atoms with van der Waals surface area (Å²) in [5.74, 6) is 1.66. The van der Waals surface area contributed by atoms with Crippen molar-refractivity contribution in [1.82, 2.24) is 0 Å². The van der Waals surface area contributed by atoms with Crippen LogP contribution in [0.3, 0.4) is 0 Å². The molecule has 15 heavy (non-hydrogen) atoms. The van der Waals surface area contributed by atoms with E-state index in [1.165, 1.54) is 6.42 Å². The molecule has 0 aliphatic carbocycles. The van der Waals surface area contributed by atoms with Gasteiger partial charge in [-0.1, -0.05) is 55.4 Å². The molecule has 1 heteroatoms. The van der Waals surface area contributed by atoms with Gasteiger partial charge in [0.1, 0.15) is 0 Å². The molecule has 0 saturated carbocycles. The van der Waals surface area contributed by atoms with Gasteiger partial charge in [0.2, 0.25) is 0 Å². The van der Waals surface area contributed by atoms with E-state index in [0.29, 0.717) is 10.8 Å². The Labute approximate surface area is 111 Å². The first-order valence-electron chi connectivity index (χ1n) is 5.77. The SMILES string of the molecule is CC[C-](C(C)(C)C)C(C)(C)C.[CH2-]CC.[Zn+2]. The summed E-state index contributed by atoms with van der Waals surface area (Å²) in [5, 5.41) is 0. The van der Waals surface area contributed by atoms with E-state index in [4.69, 9.17) is 0 Å². The summed E-state index contributed by atoms with van der Waals surface area (Å²) in [6.45, 7) is 21.6. The molecule has 0 N–H and O–H groups in total. The molecule has 88 valence electrons. The average molecular weight is 264 g/mol. The van der Waals surface area contributed by atoms with E-state index in [-0.39, 0.29) is 19.5 Å². The largest absolute Gasteiger partial charge is 2.00 e. The van der Waals surface area contributed by atoms with Crippen molar-refractivity contribution in [3.63, 3.8) is 0 Å². The van der Waals surface area contributed by atoms with Gasteiger partial charge in [-0.25, -0.2) is 0 Å². The normalized spacial score (nSPS) is 11.6. The second-order valence-electron chi connectivity index (χ2n) is 5.83. The second-order valence-corrected chi connectivity index (χ2v) is 5.83. The molecule has 0 saturated heterocycles. The third kappa shape index (κ3) is 10.9. The van der Waals surface area contributed by atoms with Crippen molar-refractivity contribution >= 4 is 0 Å². The Morgan fingerprint density at radius 3 is 1.07 bits per heavy atom. The van der Waals surface area contributed by atoms with E-state index >= 15 is 0 Å². The summed E-state index contributed by atoms with van der Waals surface area (Å²) >= 11 is 0. The molecule has 0 nitrogen and oxygen atoms in total. The molecule has 0 radical (unpaired) electrons. The quantitative estimate of drug-likeness (QED) is 0.445. The van der Waals surface area contributed by atoms with Gasteiger partial charge in [-0.3, -0.25) is 0 Å². The standard InChI is InChI=1S/C11H23.C3H7.Zn/c1-8-9(10(2,3)4)11(5,6)7;1-3-2;/h8H2,1-7H3;1,3H2,2H3;/q2*-1;+2. The van der Waals surface area contributed by atoms with Gasteiger partial charge in [0, 0.05) is 0 Å². The molecule has 0 aromatic carbocycles. The Bertz CT molecular complexity index is 111. The Balaban J connectivity index is -0.000000320. The predicted molar refractivity (Wildman–Crippen MR) is 68.1 cm³/mol. The smallest absolute Gasteiger partial charge is 0.344 e. The third-order valence-electron chi connectivity index (χ3n) is 2.16. The van der Waals surface area contributed by atoms with Crippen LogP contribution in [0.5, 0.6) is 0 Å². The van der Waals surface area contributed by atoms with Crippen LogP contribution < -0.4 is 0 Å². The zero-order valence-corrected chi connectivity index (χ0v) is 15.3. The Kier molecular flexibility index (Phi) is 12.2. The zero-order chi connectivity index (χ0) is 12.0. The summed E-state index contributed by atoms with van der Waals surface area (Å²) < 4.78 is 0. The fourth-order valence-corrected chi connectivity index (χ4v) is 2.19. The third-order valence-corrected chi connectivity index (χ3v) is 2.16. The van der Waals surface area contributed by atoms with Crippen molar-refractivity contribution < 1.29 is 19.5 Å². The van der Waals surface area contributed by atoms with Crippen molar-refractivity contribution in [3.8, 4) is 0 Å². The molecule has 0 rings (SSSR count). The first-order chi connectivity index (χ1) is 6.11. The maximum absolute atomic E-state index is 3.49. The van der Waals surface area contributed by atoms with Gasteiger partial charge in [-0.05, 0) is 0 Å². The van der Waals surface area contributed by atoms with Crippen molar-refractivity contribution in [3.05, 3.63) is 12.8 Å². The number of hydrogen-bond donors (Lipinski definition) is 0. The first-order valence-corrected chi connectivity index (χ1v) is 5.77. The van der Waals surface area contributed by atoms with Crippen molar-refractivity contribution in [2.45, 2.75) is 68.2 Å². The van der Waals surface area contributed by atoms with Crippen LogP contribution in [0.2, 0.25) is 0 Å². The van der Waals surface area contributed by atoms with Crippen molar-refractivity contribution in [1.29, 1.82) is 0 Å². The summed E-state index contributed by atoms with van der Waals surface area (Å²) in [5.41, 5.74) is 0.736. The molecular formula is C14H30Zn. The fourth-order valence-electron chi connectivity index (χ4n) is 2.19. The maximum Gasteiger partial charge on any atom is 2.00 e. The van der Waals surface area contributed by atoms with Crippen molar-refractivity contribution in [2.75, 3.05) is 0 Å². The van der Waals surface area contributed by atoms with Gasteiger partial charge < -0.3 is 12.8 Å². The van der Waals surface area contributed by atoms with E-state index < -0.39 is 0 Å². The number of rotatable bonds is 1. The zero-order valence-electron chi connectivity index (χ0n) is 12.3. The summed E-state index contributed by atoms with van der Waals surface area (Å²) in [6.07, 6.45) is 2.20. The molecule has 0 unspecified atom stereocenters. The topological polar surface area (TPSA) is 0 Å². The van der Waals surface area contributed by atoms with Crippen LogP contribution in [-0.2, 0) is 19.5 Å². The number of hydrogen-bond acceptors (Lipinski definition) is 0. The van der Waals surface area contributed by atoms with Crippen LogP contribution in [0.15, 0.2) is 0 Å². The molecule has 0 aliphatic heterocycles. The maximum atomic E-state index is 3.49. The van der Waals surface area contributed by atoms with Crippen LogP contribution in [0.4, 0.5) is 0 Å². The van der Waals surface area contributed by atoms with Crippen LogP contribution in [0.1, 0.15) is 68.2 Å². The predicted octanol–water partition coefficient (Wildman–Crippen LogP) is 5.29. The van der Waals surface area contributed by atoms with Crippen LogP contribution >= 0.6 is 0 Å². The van der Waals surface area contributed by atoms with E-state index in [9.17, 15) is 0 Å². The Morgan fingerprint density at radius 1 is 0.867 bits per heavy atom. The second kappa shape index (κ2) is 8.74. The summed E-state index contributed by atoms with van der Waals surface area (Å²) in [6, 6.07) is 0. The molecule has 0 aliphatic rings. The monoisotopic (exact) mass is 262 g/mol. The summed E-state index contributed by atoms with van der Waals surface area (Å²) in [7, 11) is 0. The Hall–Kier alpha value is 0.623. The van der Waals surface area contributed by atoms with Gasteiger partial charge >= 0.3 is 19.5 Å². The minimum Gasteiger partial charge on any atom is -0.344 e. The van der Waals surface area contributed by atoms with E-state index in [1.807, 2.05) is 6.92 Å².